The molecular formula is C45H32N2. The Bertz CT molecular complexity index is 2690. The fourth-order valence-electron chi connectivity index (χ4n) is 8.25. The Balaban J connectivity index is 1.18. The standard InChI is InChI=1S/C45H32N2/c1-45(2)39-23-21-29(30-22-24-43-37(26-30)33-17-9-11-19-41(33)46(43)31-13-5-3-6-14-31)25-35(39)36-27-38-34-18-10-12-20-42(34)47(44(38)28-40(36)45)32-15-7-4-8-16-32/h3-28H,1-2H3. The number of benzene rings is 7. The van der Waals surface area contributed by atoms with E-state index in [1.165, 1.54) is 88.4 Å². The summed E-state index contributed by atoms with van der Waals surface area (Å²) in [4.78, 5) is 0. The Morgan fingerprint density at radius 1 is 0.362 bits per heavy atom. The van der Waals surface area contributed by atoms with Crippen LogP contribution >= 0.6 is 0 Å². The van der Waals surface area contributed by atoms with Crippen LogP contribution in [-0.2, 0) is 5.41 Å². The van der Waals surface area contributed by atoms with E-state index >= 15 is 0 Å². The van der Waals surface area contributed by atoms with Crippen LogP contribution in [0.15, 0.2) is 158 Å². The van der Waals surface area contributed by atoms with Gasteiger partial charge in [0, 0.05) is 38.3 Å². The molecule has 2 heteroatoms. The van der Waals surface area contributed by atoms with Crippen LogP contribution in [0.25, 0.3) is 77.2 Å². The van der Waals surface area contributed by atoms with Gasteiger partial charge in [0.25, 0.3) is 0 Å². The van der Waals surface area contributed by atoms with Gasteiger partial charge in [0.15, 0.2) is 0 Å². The van der Waals surface area contributed by atoms with Gasteiger partial charge in [0.1, 0.15) is 0 Å². The third-order valence-electron chi connectivity index (χ3n) is 10.5. The molecule has 2 heterocycles. The molecule has 0 radical (unpaired) electrons. The lowest BCUT2D eigenvalue weighted by Gasteiger charge is -2.22. The van der Waals surface area contributed by atoms with E-state index in [9.17, 15) is 0 Å². The van der Waals surface area contributed by atoms with Crippen LogP contribution in [0.5, 0.6) is 0 Å². The molecular weight excluding hydrogens is 569 g/mol. The van der Waals surface area contributed by atoms with Crippen molar-refractivity contribution in [2.45, 2.75) is 19.3 Å². The highest BCUT2D eigenvalue weighted by atomic mass is 15.0. The number of hydrogen-bond donors (Lipinski definition) is 0. The van der Waals surface area contributed by atoms with Crippen molar-refractivity contribution in [3.8, 4) is 33.6 Å². The van der Waals surface area contributed by atoms with Crippen molar-refractivity contribution < 1.29 is 0 Å². The van der Waals surface area contributed by atoms with Crippen molar-refractivity contribution in [3.05, 3.63) is 169 Å². The topological polar surface area (TPSA) is 9.86 Å². The summed E-state index contributed by atoms with van der Waals surface area (Å²) in [6.07, 6.45) is 0. The molecule has 9 aromatic rings. The lowest BCUT2D eigenvalue weighted by molar-refractivity contribution is 0.661. The van der Waals surface area contributed by atoms with Crippen molar-refractivity contribution in [2.24, 2.45) is 0 Å². The molecule has 2 nitrogen and oxygen atoms in total. The van der Waals surface area contributed by atoms with Gasteiger partial charge in [0.2, 0.25) is 0 Å². The minimum absolute atomic E-state index is 0.109. The third kappa shape index (κ3) is 3.67. The Morgan fingerprint density at radius 3 is 1.51 bits per heavy atom. The van der Waals surface area contributed by atoms with E-state index in [0.29, 0.717) is 0 Å². The van der Waals surface area contributed by atoms with E-state index in [0.717, 1.165) is 0 Å². The molecule has 1 aliphatic carbocycles. The fraction of sp³-hybridized carbons (Fsp3) is 0.0667. The zero-order valence-electron chi connectivity index (χ0n) is 26.4. The van der Waals surface area contributed by atoms with Crippen LogP contribution in [0.1, 0.15) is 25.0 Å². The molecule has 0 fully saturated rings. The lowest BCUT2D eigenvalue weighted by atomic mass is 9.82. The van der Waals surface area contributed by atoms with Crippen molar-refractivity contribution >= 4 is 43.6 Å². The van der Waals surface area contributed by atoms with E-state index in [1.807, 2.05) is 0 Å². The quantitative estimate of drug-likeness (QED) is 0.191. The molecule has 10 rings (SSSR count). The predicted molar refractivity (Wildman–Crippen MR) is 198 cm³/mol. The highest BCUT2D eigenvalue weighted by Crippen LogP contribution is 2.52. The first-order valence-electron chi connectivity index (χ1n) is 16.4. The first-order valence-corrected chi connectivity index (χ1v) is 16.4. The molecule has 222 valence electrons. The van der Waals surface area contributed by atoms with Crippen molar-refractivity contribution in [3.63, 3.8) is 0 Å². The maximum Gasteiger partial charge on any atom is 0.0544 e. The summed E-state index contributed by atoms with van der Waals surface area (Å²) >= 11 is 0. The molecule has 7 aromatic carbocycles. The maximum atomic E-state index is 2.46. The second-order valence-electron chi connectivity index (χ2n) is 13.4. The normalized spacial score (nSPS) is 13.5. The lowest BCUT2D eigenvalue weighted by Crippen LogP contribution is -2.15. The van der Waals surface area contributed by atoms with Gasteiger partial charge in [0.05, 0.1) is 22.1 Å². The molecule has 0 saturated heterocycles. The number of para-hydroxylation sites is 4. The van der Waals surface area contributed by atoms with Crippen LogP contribution < -0.4 is 0 Å². The van der Waals surface area contributed by atoms with Gasteiger partial charge in [-0.1, -0.05) is 105 Å². The summed E-state index contributed by atoms with van der Waals surface area (Å²) in [6.45, 7) is 4.76. The smallest absolute Gasteiger partial charge is 0.0544 e. The molecule has 0 amide bonds. The first-order chi connectivity index (χ1) is 23.1. The highest BCUT2D eigenvalue weighted by Gasteiger charge is 2.36. The van der Waals surface area contributed by atoms with Crippen LogP contribution in [-0.4, -0.2) is 9.13 Å². The number of aromatic nitrogens is 2. The van der Waals surface area contributed by atoms with Crippen LogP contribution in [0.2, 0.25) is 0 Å². The van der Waals surface area contributed by atoms with Crippen LogP contribution in [0.3, 0.4) is 0 Å². The highest BCUT2D eigenvalue weighted by molar-refractivity contribution is 6.12. The van der Waals surface area contributed by atoms with Crippen LogP contribution in [0.4, 0.5) is 0 Å². The average Bonchev–Trinajstić information content (AvgIpc) is 3.71. The summed E-state index contributed by atoms with van der Waals surface area (Å²) < 4.78 is 4.81. The summed E-state index contributed by atoms with van der Waals surface area (Å²) in [7, 11) is 0. The third-order valence-corrected chi connectivity index (χ3v) is 10.5. The average molecular weight is 601 g/mol. The SMILES string of the molecule is CC1(C)c2ccc(-c3ccc4c(c3)c3ccccc3n4-c3ccccc3)cc2-c2cc3c4ccccc4n(-c4ccccc4)c3cc21. The second-order valence-corrected chi connectivity index (χ2v) is 13.4. The summed E-state index contributed by atoms with van der Waals surface area (Å²) in [6, 6.07) is 58.0. The second kappa shape index (κ2) is 9.57. The van der Waals surface area contributed by atoms with Crippen LogP contribution in [0, 0.1) is 0 Å². The van der Waals surface area contributed by atoms with Crippen molar-refractivity contribution in [1.29, 1.82) is 0 Å². The fourth-order valence-corrected chi connectivity index (χ4v) is 8.25. The van der Waals surface area contributed by atoms with E-state index in [1.54, 1.807) is 0 Å². The van der Waals surface area contributed by atoms with Gasteiger partial charge in [-0.3, -0.25) is 0 Å². The number of fused-ring (bicyclic) bond motifs is 9. The molecule has 0 bridgehead atoms. The minimum Gasteiger partial charge on any atom is -0.309 e. The monoisotopic (exact) mass is 600 g/mol. The van der Waals surface area contributed by atoms with Gasteiger partial charge >= 0.3 is 0 Å². The van der Waals surface area contributed by atoms with Crippen molar-refractivity contribution in [1.82, 2.24) is 9.13 Å². The Kier molecular flexibility index (Phi) is 5.37. The Labute approximate surface area is 273 Å². The maximum absolute atomic E-state index is 2.46. The minimum atomic E-state index is -0.109. The van der Waals surface area contributed by atoms with Gasteiger partial charge in [-0.15, -0.1) is 0 Å². The van der Waals surface area contributed by atoms with Gasteiger partial charge in [-0.05, 0) is 100 Å². The first kappa shape index (κ1) is 26.4. The van der Waals surface area contributed by atoms with Gasteiger partial charge in [-0.2, -0.15) is 0 Å². The van der Waals surface area contributed by atoms with Gasteiger partial charge < -0.3 is 9.13 Å². The summed E-state index contributed by atoms with van der Waals surface area (Å²) in [5.41, 5.74) is 15.2. The number of rotatable bonds is 3. The molecule has 47 heavy (non-hydrogen) atoms. The molecule has 0 saturated carbocycles. The molecule has 0 N–H and O–H groups in total. The molecule has 0 aliphatic heterocycles. The molecule has 0 spiro atoms. The van der Waals surface area contributed by atoms with E-state index in [2.05, 4.69) is 181 Å². The van der Waals surface area contributed by atoms with E-state index in [4.69, 9.17) is 0 Å². The Hall–Kier alpha value is -5.86. The molecule has 0 unspecified atom stereocenters. The molecule has 0 atom stereocenters. The summed E-state index contributed by atoms with van der Waals surface area (Å²) in [5, 5.41) is 5.14. The largest absolute Gasteiger partial charge is 0.309 e. The zero-order chi connectivity index (χ0) is 31.3. The Morgan fingerprint density at radius 2 is 0.851 bits per heavy atom. The van der Waals surface area contributed by atoms with Gasteiger partial charge in [-0.25, -0.2) is 0 Å². The summed E-state index contributed by atoms with van der Waals surface area (Å²) in [5.74, 6) is 0. The number of nitrogens with zero attached hydrogens (tertiary/aromatic N) is 2. The zero-order valence-corrected chi connectivity index (χ0v) is 26.4. The van der Waals surface area contributed by atoms with E-state index < -0.39 is 0 Å². The van der Waals surface area contributed by atoms with Crippen molar-refractivity contribution in [2.75, 3.05) is 0 Å². The molecule has 1 aliphatic rings. The van der Waals surface area contributed by atoms with E-state index in [-0.39, 0.29) is 5.41 Å². The number of hydrogen-bond acceptors (Lipinski definition) is 0. The molecule has 2 aromatic heterocycles. The predicted octanol–water partition coefficient (Wildman–Crippen LogP) is 11.9.